The Morgan fingerprint density at radius 2 is 1.62 bits per heavy atom. The third-order valence-corrected chi connectivity index (χ3v) is 4.67. The Bertz CT molecular complexity index is 909. The van der Waals surface area contributed by atoms with Crippen LogP contribution < -0.4 is 4.90 Å². The largest absolute Gasteiger partial charge is 0.372 e. The van der Waals surface area contributed by atoms with Crippen LogP contribution in [0, 0.1) is 6.92 Å². The van der Waals surface area contributed by atoms with Crippen LogP contribution in [0.5, 0.6) is 0 Å². The molecule has 0 amide bonds. The van der Waals surface area contributed by atoms with E-state index in [1.54, 1.807) is 0 Å². The van der Waals surface area contributed by atoms with Crippen molar-refractivity contribution in [2.75, 3.05) is 18.0 Å². The summed E-state index contributed by atoms with van der Waals surface area (Å²) in [7, 11) is 0. The molecule has 0 unspecified atom stereocenters. The Morgan fingerprint density at radius 1 is 0.833 bits per heavy atom. The molecular formula is C21H23N3. The normalized spacial score (nSPS) is 14.1. The highest BCUT2D eigenvalue weighted by atomic mass is 15.1. The van der Waals surface area contributed by atoms with Gasteiger partial charge in [-0.25, -0.2) is 0 Å². The van der Waals surface area contributed by atoms with Gasteiger partial charge in [0, 0.05) is 47.1 Å². The molecule has 4 aromatic rings. The van der Waals surface area contributed by atoms with Gasteiger partial charge >= 0.3 is 0 Å². The average Bonchev–Trinajstić information content (AvgIpc) is 3.34. The zero-order chi connectivity index (χ0) is 16.4. The number of fused-ring (bicyclic) bond motifs is 2. The fourth-order valence-electron chi connectivity index (χ4n) is 3.43. The molecule has 1 saturated heterocycles. The molecule has 0 atom stereocenters. The number of rotatable bonds is 1. The summed E-state index contributed by atoms with van der Waals surface area (Å²) in [6.07, 6.45) is 4.68. The van der Waals surface area contributed by atoms with Gasteiger partial charge in [0.2, 0.25) is 0 Å². The second-order valence-corrected chi connectivity index (χ2v) is 6.48. The SMILES string of the molecule is Cc1cc2ccccc2[nH]1.c1cc2cc(N3CCCC3)ccc2[nH]1. The predicted molar refractivity (Wildman–Crippen MR) is 103 cm³/mol. The number of hydrogen-bond donors (Lipinski definition) is 2. The number of aryl methyl sites for hydroxylation is 1. The molecule has 1 aliphatic heterocycles. The Kier molecular flexibility index (Phi) is 3.99. The van der Waals surface area contributed by atoms with Crippen molar-refractivity contribution in [1.29, 1.82) is 0 Å². The molecule has 3 heteroatoms. The van der Waals surface area contributed by atoms with Gasteiger partial charge in [-0.1, -0.05) is 18.2 Å². The van der Waals surface area contributed by atoms with Crippen molar-refractivity contribution >= 4 is 27.5 Å². The van der Waals surface area contributed by atoms with Crippen LogP contribution >= 0.6 is 0 Å². The Balaban J connectivity index is 0.000000129. The zero-order valence-electron chi connectivity index (χ0n) is 14.0. The van der Waals surface area contributed by atoms with Crippen molar-refractivity contribution in [3.63, 3.8) is 0 Å². The molecule has 2 aromatic carbocycles. The highest BCUT2D eigenvalue weighted by Gasteiger charge is 2.12. The fraction of sp³-hybridized carbons (Fsp3) is 0.238. The molecule has 5 rings (SSSR count). The van der Waals surface area contributed by atoms with Crippen LogP contribution in [0.25, 0.3) is 21.8 Å². The minimum atomic E-state index is 1.22. The van der Waals surface area contributed by atoms with Gasteiger partial charge in [0.05, 0.1) is 0 Å². The van der Waals surface area contributed by atoms with Crippen molar-refractivity contribution in [2.24, 2.45) is 0 Å². The Labute approximate surface area is 142 Å². The number of nitrogens with one attached hydrogen (secondary N) is 2. The van der Waals surface area contributed by atoms with E-state index in [-0.39, 0.29) is 0 Å². The summed E-state index contributed by atoms with van der Waals surface area (Å²) in [5.74, 6) is 0. The number of aromatic nitrogens is 2. The number of nitrogens with zero attached hydrogens (tertiary/aromatic N) is 1. The standard InChI is InChI=1S/C12H14N2.C9H9N/c1-2-8-14(7-1)11-3-4-12-10(9-11)5-6-13-12;1-7-6-8-4-2-3-5-9(8)10-7/h3-6,9,13H,1-2,7-8H2;2-6,10H,1H3. The fourth-order valence-corrected chi connectivity index (χ4v) is 3.43. The molecule has 0 saturated carbocycles. The van der Waals surface area contributed by atoms with Crippen molar-refractivity contribution in [3.05, 3.63) is 66.5 Å². The predicted octanol–water partition coefficient (Wildman–Crippen LogP) is 5.24. The van der Waals surface area contributed by atoms with Gasteiger partial charge in [0.1, 0.15) is 0 Å². The summed E-state index contributed by atoms with van der Waals surface area (Å²) in [5.41, 5.74) is 5.05. The molecule has 0 spiro atoms. The molecule has 122 valence electrons. The van der Waals surface area contributed by atoms with E-state index in [2.05, 4.69) is 70.3 Å². The van der Waals surface area contributed by atoms with Gasteiger partial charge < -0.3 is 14.9 Å². The van der Waals surface area contributed by atoms with Crippen LogP contribution in [0.2, 0.25) is 0 Å². The van der Waals surface area contributed by atoms with Crippen LogP contribution in [0.15, 0.2) is 60.8 Å². The third kappa shape index (κ3) is 3.02. The van der Waals surface area contributed by atoms with E-state index in [0.717, 1.165) is 0 Å². The number of H-pyrrole nitrogens is 2. The second-order valence-electron chi connectivity index (χ2n) is 6.48. The van der Waals surface area contributed by atoms with Crippen molar-refractivity contribution in [2.45, 2.75) is 19.8 Å². The van der Waals surface area contributed by atoms with Gasteiger partial charge in [-0.3, -0.25) is 0 Å². The first kappa shape index (κ1) is 14.9. The van der Waals surface area contributed by atoms with Crippen LogP contribution in [0.3, 0.4) is 0 Å². The first-order valence-electron chi connectivity index (χ1n) is 8.66. The van der Waals surface area contributed by atoms with Crippen LogP contribution in [-0.4, -0.2) is 23.1 Å². The van der Waals surface area contributed by atoms with E-state index in [9.17, 15) is 0 Å². The molecule has 24 heavy (non-hydrogen) atoms. The summed E-state index contributed by atoms with van der Waals surface area (Å²) in [5, 5.41) is 2.61. The molecular weight excluding hydrogens is 294 g/mol. The van der Waals surface area contributed by atoms with Gasteiger partial charge in [0.15, 0.2) is 0 Å². The van der Waals surface area contributed by atoms with Crippen LogP contribution in [-0.2, 0) is 0 Å². The Morgan fingerprint density at radius 3 is 2.46 bits per heavy atom. The maximum absolute atomic E-state index is 3.26. The lowest BCUT2D eigenvalue weighted by atomic mass is 10.2. The highest BCUT2D eigenvalue weighted by Crippen LogP contribution is 2.24. The topological polar surface area (TPSA) is 34.8 Å². The molecule has 1 fully saturated rings. The summed E-state index contributed by atoms with van der Waals surface area (Å²) >= 11 is 0. The molecule has 2 aromatic heterocycles. The molecule has 0 bridgehead atoms. The zero-order valence-corrected chi connectivity index (χ0v) is 14.0. The van der Waals surface area contributed by atoms with Crippen molar-refractivity contribution in [3.8, 4) is 0 Å². The second kappa shape index (κ2) is 6.44. The lowest BCUT2D eigenvalue weighted by molar-refractivity contribution is 0.949. The van der Waals surface area contributed by atoms with E-state index < -0.39 is 0 Å². The highest BCUT2D eigenvalue weighted by molar-refractivity contribution is 5.83. The molecule has 3 heterocycles. The number of aromatic amines is 2. The number of para-hydroxylation sites is 1. The third-order valence-electron chi connectivity index (χ3n) is 4.67. The summed E-state index contributed by atoms with van der Waals surface area (Å²) in [4.78, 5) is 8.94. The van der Waals surface area contributed by atoms with E-state index in [1.807, 2.05) is 12.3 Å². The minimum Gasteiger partial charge on any atom is -0.372 e. The lowest BCUT2D eigenvalue weighted by Crippen LogP contribution is -2.17. The number of anilines is 1. The molecule has 1 aliphatic rings. The Hall–Kier alpha value is -2.68. The van der Waals surface area contributed by atoms with Gasteiger partial charge in [-0.2, -0.15) is 0 Å². The first-order chi connectivity index (χ1) is 11.8. The number of hydrogen-bond acceptors (Lipinski definition) is 1. The molecule has 2 N–H and O–H groups in total. The smallest absolute Gasteiger partial charge is 0.0455 e. The molecule has 0 radical (unpaired) electrons. The summed E-state index contributed by atoms with van der Waals surface area (Å²) < 4.78 is 0. The van der Waals surface area contributed by atoms with E-state index in [0.29, 0.717) is 0 Å². The maximum Gasteiger partial charge on any atom is 0.0455 e. The van der Waals surface area contributed by atoms with E-state index >= 15 is 0 Å². The lowest BCUT2D eigenvalue weighted by Gasteiger charge is -2.17. The van der Waals surface area contributed by atoms with Gasteiger partial charge in [0.25, 0.3) is 0 Å². The summed E-state index contributed by atoms with van der Waals surface area (Å²) in [6.45, 7) is 4.51. The average molecular weight is 317 g/mol. The quantitative estimate of drug-likeness (QED) is 0.494. The monoisotopic (exact) mass is 317 g/mol. The van der Waals surface area contributed by atoms with Crippen molar-refractivity contribution in [1.82, 2.24) is 9.97 Å². The molecule has 0 aliphatic carbocycles. The maximum atomic E-state index is 3.26. The first-order valence-corrected chi connectivity index (χ1v) is 8.66. The van der Waals surface area contributed by atoms with Crippen LogP contribution in [0.1, 0.15) is 18.5 Å². The molecule has 3 nitrogen and oxygen atoms in total. The number of benzene rings is 2. The van der Waals surface area contributed by atoms with Crippen LogP contribution in [0.4, 0.5) is 5.69 Å². The van der Waals surface area contributed by atoms with E-state index in [4.69, 9.17) is 0 Å². The van der Waals surface area contributed by atoms with Crippen molar-refractivity contribution < 1.29 is 0 Å². The summed E-state index contributed by atoms with van der Waals surface area (Å²) in [6, 6.07) is 19.2. The minimum absolute atomic E-state index is 1.22. The van der Waals surface area contributed by atoms with E-state index in [1.165, 1.54) is 59.1 Å². The van der Waals surface area contributed by atoms with Gasteiger partial charge in [-0.05, 0) is 61.5 Å². The van der Waals surface area contributed by atoms with Gasteiger partial charge in [-0.15, -0.1) is 0 Å².